The van der Waals surface area contributed by atoms with Crippen LogP contribution in [0.25, 0.3) is 0 Å². The maximum absolute atomic E-state index is 12.6. The van der Waals surface area contributed by atoms with Gasteiger partial charge in [-0.05, 0) is 45.0 Å². The van der Waals surface area contributed by atoms with Crippen molar-refractivity contribution in [2.45, 2.75) is 32.8 Å². The summed E-state index contributed by atoms with van der Waals surface area (Å²) in [7, 11) is 2.08. The van der Waals surface area contributed by atoms with Crippen molar-refractivity contribution in [3.05, 3.63) is 46.5 Å². The fraction of sp³-hybridized carbons (Fsp3) is 0.480. The van der Waals surface area contributed by atoms with Crippen molar-refractivity contribution in [1.82, 2.24) is 25.1 Å². The molecule has 192 valence electrons. The number of carbonyl (C=O) groups excluding carboxylic acids is 2. The molecule has 1 aliphatic heterocycles. The molecule has 2 N–H and O–H groups in total. The van der Waals surface area contributed by atoms with E-state index in [-0.39, 0.29) is 30.0 Å². The molecule has 0 saturated carbocycles. The number of nitrogens with one attached hydrogen (secondary N) is 2. The number of benzene rings is 1. The van der Waals surface area contributed by atoms with Crippen LogP contribution in [-0.2, 0) is 22.4 Å². The predicted octanol–water partition coefficient (Wildman–Crippen LogP) is 1.88. The number of nitriles is 1. The second-order valence-electron chi connectivity index (χ2n) is 9.02. The lowest BCUT2D eigenvalue weighted by Gasteiger charge is -2.31. The van der Waals surface area contributed by atoms with Crippen LogP contribution < -0.4 is 15.4 Å². The summed E-state index contributed by atoms with van der Waals surface area (Å²) in [6.45, 7) is 8.31. The van der Waals surface area contributed by atoms with Gasteiger partial charge in [0.2, 0.25) is 11.8 Å². The Bertz CT molecular complexity index is 1090. The number of ether oxygens (including phenoxy) is 1. The Labute approximate surface area is 216 Å². The summed E-state index contributed by atoms with van der Waals surface area (Å²) in [4.78, 5) is 37.4. The van der Waals surface area contributed by atoms with E-state index in [1.54, 1.807) is 12.1 Å². The Balaban J connectivity index is 1.59. The lowest BCUT2D eigenvalue weighted by molar-refractivity contribution is -0.122. The van der Waals surface area contributed by atoms with Crippen molar-refractivity contribution in [2.75, 3.05) is 51.6 Å². The molecule has 2 amide bonds. The first kappa shape index (κ1) is 27.3. The average molecular weight is 514 g/mol. The van der Waals surface area contributed by atoms with E-state index in [0.29, 0.717) is 41.7 Å². The zero-order valence-corrected chi connectivity index (χ0v) is 21.6. The van der Waals surface area contributed by atoms with E-state index >= 15 is 0 Å². The van der Waals surface area contributed by atoms with Gasteiger partial charge in [0.15, 0.2) is 5.69 Å². The van der Waals surface area contributed by atoms with Crippen LogP contribution in [-0.4, -0.2) is 84.0 Å². The molecule has 2 aromatic rings. The summed E-state index contributed by atoms with van der Waals surface area (Å²) < 4.78 is 5.92. The maximum Gasteiger partial charge on any atom is 0.234 e. The zero-order chi connectivity index (χ0) is 26.1. The number of anilines is 1. The van der Waals surface area contributed by atoms with Gasteiger partial charge in [-0.25, -0.2) is 4.98 Å². The van der Waals surface area contributed by atoms with Gasteiger partial charge in [0.1, 0.15) is 11.8 Å². The topological polar surface area (TPSA) is 123 Å². The van der Waals surface area contributed by atoms with Crippen molar-refractivity contribution in [2.24, 2.45) is 0 Å². The van der Waals surface area contributed by atoms with E-state index in [0.717, 1.165) is 31.7 Å². The second kappa shape index (κ2) is 13.2. The summed E-state index contributed by atoms with van der Waals surface area (Å²) in [6.07, 6.45) is 3.11. The molecule has 0 bridgehead atoms. The lowest BCUT2D eigenvalue weighted by Crippen LogP contribution is -2.48. The third-order valence-corrected chi connectivity index (χ3v) is 5.98. The first-order chi connectivity index (χ1) is 17.2. The monoisotopic (exact) mass is 513 g/mol. The lowest BCUT2D eigenvalue weighted by atomic mass is 10.1. The maximum atomic E-state index is 12.6. The highest BCUT2D eigenvalue weighted by molar-refractivity contribution is 6.31. The van der Waals surface area contributed by atoms with E-state index < -0.39 is 0 Å². The largest absolute Gasteiger partial charge is 0.489 e. The first-order valence-electron chi connectivity index (χ1n) is 11.9. The van der Waals surface area contributed by atoms with E-state index in [2.05, 4.69) is 37.4 Å². The molecule has 0 atom stereocenters. The van der Waals surface area contributed by atoms with Gasteiger partial charge in [-0.1, -0.05) is 11.6 Å². The summed E-state index contributed by atoms with van der Waals surface area (Å²) in [5, 5.41) is 15.1. The minimum atomic E-state index is -0.317. The molecule has 1 saturated heterocycles. The number of rotatable bonds is 10. The van der Waals surface area contributed by atoms with Gasteiger partial charge in [0.25, 0.3) is 0 Å². The van der Waals surface area contributed by atoms with Crippen LogP contribution in [0.4, 0.5) is 5.69 Å². The third kappa shape index (κ3) is 8.45. The number of carbonyl (C=O) groups is 2. The van der Waals surface area contributed by atoms with Gasteiger partial charge >= 0.3 is 0 Å². The van der Waals surface area contributed by atoms with Crippen LogP contribution >= 0.6 is 11.6 Å². The van der Waals surface area contributed by atoms with Crippen LogP contribution in [0.1, 0.15) is 30.8 Å². The molecule has 11 heteroatoms. The molecule has 1 aliphatic rings. The summed E-state index contributed by atoms with van der Waals surface area (Å²) in [6, 6.07) is 5.35. The fourth-order valence-corrected chi connectivity index (χ4v) is 3.96. The van der Waals surface area contributed by atoms with Gasteiger partial charge in [-0.2, -0.15) is 5.26 Å². The Morgan fingerprint density at radius 1 is 1.17 bits per heavy atom. The van der Waals surface area contributed by atoms with Gasteiger partial charge in [-0.3, -0.25) is 19.5 Å². The number of aromatic nitrogens is 2. The van der Waals surface area contributed by atoms with E-state index in [4.69, 9.17) is 21.6 Å². The average Bonchev–Trinajstić information content (AvgIpc) is 2.83. The molecule has 0 radical (unpaired) electrons. The second-order valence-corrected chi connectivity index (χ2v) is 9.42. The quantitative estimate of drug-likeness (QED) is 0.493. The standard InChI is InChI=1S/C25H32ClN7O3/c1-17(2)36-23-10-18(4-5-28-25(35)16-33-8-6-32(3)7-9-33)21(26)12-22(23)31-24(34)11-19-14-30-20(13-27)15-29-19/h10,12,14-15,17H,4-9,11,16H2,1-3H3,(H,28,35)(H,31,34). The Hall–Kier alpha value is -3.26. The Kier molecular flexibility index (Phi) is 9.99. The number of piperazine rings is 1. The fourth-order valence-electron chi connectivity index (χ4n) is 3.70. The van der Waals surface area contributed by atoms with Crippen LogP contribution in [0.2, 0.25) is 5.02 Å². The molecule has 3 rings (SSSR count). The highest BCUT2D eigenvalue weighted by atomic mass is 35.5. The number of likely N-dealkylation sites (N-methyl/N-ethyl adjacent to an activating group) is 1. The summed E-state index contributed by atoms with van der Waals surface area (Å²) in [5.74, 6) is 0.166. The number of halogens is 1. The van der Waals surface area contributed by atoms with Crippen LogP contribution in [0, 0.1) is 11.3 Å². The van der Waals surface area contributed by atoms with Crippen LogP contribution in [0.15, 0.2) is 24.5 Å². The smallest absolute Gasteiger partial charge is 0.234 e. The molecule has 36 heavy (non-hydrogen) atoms. The number of nitrogens with zero attached hydrogens (tertiary/aromatic N) is 5. The van der Waals surface area contributed by atoms with Gasteiger partial charge < -0.3 is 20.3 Å². The van der Waals surface area contributed by atoms with Crippen molar-refractivity contribution in [3.8, 4) is 11.8 Å². The van der Waals surface area contributed by atoms with Crippen LogP contribution in [0.3, 0.4) is 0 Å². The molecule has 1 aromatic carbocycles. The molecule has 2 heterocycles. The molecular weight excluding hydrogens is 482 g/mol. The van der Waals surface area contributed by atoms with Gasteiger partial charge in [0, 0.05) is 37.7 Å². The first-order valence-corrected chi connectivity index (χ1v) is 12.3. The van der Waals surface area contributed by atoms with Crippen LogP contribution in [0.5, 0.6) is 5.75 Å². The molecule has 0 aliphatic carbocycles. The highest BCUT2D eigenvalue weighted by Crippen LogP contribution is 2.32. The minimum Gasteiger partial charge on any atom is -0.489 e. The van der Waals surface area contributed by atoms with Gasteiger partial charge in [-0.15, -0.1) is 0 Å². The molecule has 1 fully saturated rings. The zero-order valence-electron chi connectivity index (χ0n) is 20.9. The summed E-state index contributed by atoms with van der Waals surface area (Å²) in [5.41, 5.74) is 1.88. The van der Waals surface area contributed by atoms with Crippen molar-refractivity contribution >= 4 is 29.1 Å². The summed E-state index contributed by atoms with van der Waals surface area (Å²) >= 11 is 6.51. The van der Waals surface area contributed by atoms with Crippen molar-refractivity contribution < 1.29 is 14.3 Å². The molecule has 1 aromatic heterocycles. The molecule has 0 spiro atoms. The third-order valence-electron chi connectivity index (χ3n) is 5.63. The van der Waals surface area contributed by atoms with E-state index in [1.165, 1.54) is 12.4 Å². The Morgan fingerprint density at radius 3 is 2.56 bits per heavy atom. The molecular formula is C25H32ClN7O3. The number of hydrogen-bond acceptors (Lipinski definition) is 8. The number of hydrogen-bond donors (Lipinski definition) is 2. The van der Waals surface area contributed by atoms with Crippen molar-refractivity contribution in [1.29, 1.82) is 5.26 Å². The molecule has 0 unspecified atom stereocenters. The van der Waals surface area contributed by atoms with Crippen molar-refractivity contribution in [3.63, 3.8) is 0 Å². The molecule has 10 nitrogen and oxygen atoms in total. The van der Waals surface area contributed by atoms with E-state index in [9.17, 15) is 9.59 Å². The Morgan fingerprint density at radius 2 is 1.92 bits per heavy atom. The predicted molar refractivity (Wildman–Crippen MR) is 137 cm³/mol. The minimum absolute atomic E-state index is 0.0101. The SMILES string of the molecule is CC(C)Oc1cc(CCNC(=O)CN2CCN(C)CC2)c(Cl)cc1NC(=O)Cc1cnc(C#N)cn1. The van der Waals surface area contributed by atoms with E-state index in [1.807, 2.05) is 19.9 Å². The number of amides is 2. The highest BCUT2D eigenvalue weighted by Gasteiger charge is 2.17. The normalized spacial score (nSPS) is 14.3. The van der Waals surface area contributed by atoms with Gasteiger partial charge in [0.05, 0.1) is 42.8 Å².